The third kappa shape index (κ3) is 5.94. The molecule has 0 saturated carbocycles. The standard InChI is InChI=1S/C16H26N2O2.ClH/c1-4-16(5-2,12-17)18-15(19)11-13-7-9-14(10-8-13)20-6-3;/h7-10H,4-6,11-12,17H2,1-3H3,(H,18,19);1H. The molecule has 0 radical (unpaired) electrons. The molecule has 4 nitrogen and oxygen atoms in total. The highest BCUT2D eigenvalue weighted by atomic mass is 35.5. The Labute approximate surface area is 133 Å². The first kappa shape index (κ1) is 19.7. The van der Waals surface area contributed by atoms with Crippen molar-refractivity contribution >= 4 is 18.3 Å². The van der Waals surface area contributed by atoms with Crippen LogP contribution in [0.25, 0.3) is 0 Å². The number of hydrogen-bond acceptors (Lipinski definition) is 3. The van der Waals surface area contributed by atoms with Crippen molar-refractivity contribution in [3.8, 4) is 5.75 Å². The van der Waals surface area contributed by atoms with Crippen molar-refractivity contribution in [1.82, 2.24) is 5.32 Å². The lowest BCUT2D eigenvalue weighted by atomic mass is 9.92. The summed E-state index contributed by atoms with van der Waals surface area (Å²) in [5, 5.41) is 3.07. The van der Waals surface area contributed by atoms with Gasteiger partial charge < -0.3 is 15.8 Å². The van der Waals surface area contributed by atoms with Crippen LogP contribution in [0.15, 0.2) is 24.3 Å². The van der Waals surface area contributed by atoms with Crippen molar-refractivity contribution in [2.45, 2.75) is 45.6 Å². The van der Waals surface area contributed by atoms with Crippen LogP contribution < -0.4 is 15.8 Å². The number of halogens is 1. The first-order valence-corrected chi connectivity index (χ1v) is 7.32. The number of benzene rings is 1. The molecule has 5 heteroatoms. The van der Waals surface area contributed by atoms with E-state index in [1.54, 1.807) is 0 Å². The third-order valence-corrected chi connectivity index (χ3v) is 3.75. The molecule has 0 saturated heterocycles. The second-order valence-electron chi connectivity index (χ2n) is 4.99. The van der Waals surface area contributed by atoms with Gasteiger partial charge in [-0.15, -0.1) is 12.4 Å². The smallest absolute Gasteiger partial charge is 0.224 e. The van der Waals surface area contributed by atoms with Crippen LogP contribution in [0, 0.1) is 0 Å². The maximum Gasteiger partial charge on any atom is 0.224 e. The van der Waals surface area contributed by atoms with Gasteiger partial charge in [0.05, 0.1) is 18.6 Å². The summed E-state index contributed by atoms with van der Waals surface area (Å²) in [6.45, 7) is 7.16. The van der Waals surface area contributed by atoms with Crippen LogP contribution in [0.3, 0.4) is 0 Å². The number of amides is 1. The molecular weight excluding hydrogens is 288 g/mol. The number of carbonyl (C=O) groups is 1. The number of nitrogens with two attached hydrogens (primary N) is 1. The molecule has 21 heavy (non-hydrogen) atoms. The second kappa shape index (κ2) is 9.64. The van der Waals surface area contributed by atoms with Crippen LogP contribution in [0.4, 0.5) is 0 Å². The fourth-order valence-corrected chi connectivity index (χ4v) is 2.16. The Balaban J connectivity index is 0.00000400. The monoisotopic (exact) mass is 314 g/mol. The second-order valence-corrected chi connectivity index (χ2v) is 4.99. The van der Waals surface area contributed by atoms with Crippen molar-refractivity contribution in [3.63, 3.8) is 0 Å². The van der Waals surface area contributed by atoms with E-state index in [-0.39, 0.29) is 23.9 Å². The minimum atomic E-state index is -0.275. The van der Waals surface area contributed by atoms with Gasteiger partial charge in [-0.3, -0.25) is 4.79 Å². The van der Waals surface area contributed by atoms with Crippen molar-refractivity contribution in [1.29, 1.82) is 0 Å². The van der Waals surface area contributed by atoms with E-state index >= 15 is 0 Å². The zero-order valence-electron chi connectivity index (χ0n) is 13.1. The molecule has 0 fully saturated rings. The highest BCUT2D eigenvalue weighted by Gasteiger charge is 2.26. The Kier molecular flexibility index (Phi) is 9.06. The quantitative estimate of drug-likeness (QED) is 0.775. The van der Waals surface area contributed by atoms with Crippen LogP contribution in [0.1, 0.15) is 39.2 Å². The summed E-state index contributed by atoms with van der Waals surface area (Å²) in [5.41, 5.74) is 6.49. The van der Waals surface area contributed by atoms with Gasteiger partial charge in [-0.2, -0.15) is 0 Å². The van der Waals surface area contributed by atoms with Crippen LogP contribution in [0.5, 0.6) is 5.75 Å². The predicted molar refractivity (Wildman–Crippen MR) is 89.1 cm³/mol. The lowest BCUT2D eigenvalue weighted by Gasteiger charge is -2.31. The van der Waals surface area contributed by atoms with Gasteiger partial charge in [-0.1, -0.05) is 26.0 Å². The maximum absolute atomic E-state index is 12.1. The van der Waals surface area contributed by atoms with E-state index in [2.05, 4.69) is 5.32 Å². The molecule has 120 valence electrons. The van der Waals surface area contributed by atoms with E-state index < -0.39 is 0 Å². The van der Waals surface area contributed by atoms with Gasteiger partial charge in [0, 0.05) is 6.54 Å². The summed E-state index contributed by atoms with van der Waals surface area (Å²) in [6.07, 6.45) is 2.05. The summed E-state index contributed by atoms with van der Waals surface area (Å²) in [6, 6.07) is 7.63. The van der Waals surface area contributed by atoms with Gasteiger partial charge in [0.15, 0.2) is 0 Å². The molecule has 0 spiro atoms. The molecule has 0 atom stereocenters. The topological polar surface area (TPSA) is 64.3 Å². The van der Waals surface area contributed by atoms with Crippen LogP contribution in [-0.2, 0) is 11.2 Å². The van der Waals surface area contributed by atoms with Gasteiger partial charge in [-0.25, -0.2) is 0 Å². The number of hydrogen-bond donors (Lipinski definition) is 2. The third-order valence-electron chi connectivity index (χ3n) is 3.75. The van der Waals surface area contributed by atoms with Crippen LogP contribution in [0.2, 0.25) is 0 Å². The molecule has 0 aliphatic rings. The van der Waals surface area contributed by atoms with E-state index in [1.165, 1.54) is 0 Å². The minimum Gasteiger partial charge on any atom is -0.494 e. The Morgan fingerprint density at radius 1 is 1.19 bits per heavy atom. The molecule has 1 rings (SSSR count). The van der Waals surface area contributed by atoms with E-state index in [1.807, 2.05) is 45.0 Å². The van der Waals surface area contributed by atoms with Crippen LogP contribution >= 0.6 is 12.4 Å². The Hall–Kier alpha value is -1.26. The number of rotatable bonds is 8. The van der Waals surface area contributed by atoms with Crippen molar-refractivity contribution in [3.05, 3.63) is 29.8 Å². The molecule has 3 N–H and O–H groups in total. The van der Waals surface area contributed by atoms with Crippen molar-refractivity contribution in [2.24, 2.45) is 5.73 Å². The van der Waals surface area contributed by atoms with Crippen molar-refractivity contribution < 1.29 is 9.53 Å². The van der Waals surface area contributed by atoms with E-state index in [0.717, 1.165) is 24.2 Å². The zero-order valence-corrected chi connectivity index (χ0v) is 14.0. The fraction of sp³-hybridized carbons (Fsp3) is 0.562. The zero-order chi connectivity index (χ0) is 15.0. The van der Waals surface area contributed by atoms with Gasteiger partial charge in [0.25, 0.3) is 0 Å². The molecule has 0 aliphatic heterocycles. The summed E-state index contributed by atoms with van der Waals surface area (Å²) in [4.78, 5) is 12.1. The van der Waals surface area contributed by atoms with Gasteiger partial charge in [0.2, 0.25) is 5.91 Å². The summed E-state index contributed by atoms with van der Waals surface area (Å²) in [5.74, 6) is 0.846. The summed E-state index contributed by atoms with van der Waals surface area (Å²) >= 11 is 0. The minimum absolute atomic E-state index is 0. The Bertz CT molecular complexity index is 409. The van der Waals surface area contributed by atoms with Gasteiger partial charge >= 0.3 is 0 Å². The van der Waals surface area contributed by atoms with Crippen molar-refractivity contribution in [2.75, 3.05) is 13.2 Å². The molecular formula is C16H27ClN2O2. The molecule has 1 aromatic rings. The molecule has 0 aliphatic carbocycles. The maximum atomic E-state index is 12.1. The van der Waals surface area contributed by atoms with Gasteiger partial charge in [0.1, 0.15) is 5.75 Å². The normalized spacial score (nSPS) is 10.7. The molecule has 1 aromatic carbocycles. The average Bonchev–Trinajstić information content (AvgIpc) is 2.47. The molecule has 0 aromatic heterocycles. The summed E-state index contributed by atoms with van der Waals surface area (Å²) in [7, 11) is 0. The lowest BCUT2D eigenvalue weighted by Crippen LogP contribution is -2.53. The lowest BCUT2D eigenvalue weighted by molar-refractivity contribution is -0.122. The first-order chi connectivity index (χ1) is 9.59. The SMILES string of the molecule is CCOc1ccc(CC(=O)NC(CC)(CC)CN)cc1.Cl. The highest BCUT2D eigenvalue weighted by Crippen LogP contribution is 2.15. The number of ether oxygens (including phenoxy) is 1. The molecule has 0 heterocycles. The molecule has 0 unspecified atom stereocenters. The van der Waals surface area contributed by atoms with Gasteiger partial charge in [-0.05, 0) is 37.5 Å². The predicted octanol–water partition coefficient (Wildman–Crippen LogP) is 2.68. The van der Waals surface area contributed by atoms with E-state index in [0.29, 0.717) is 19.6 Å². The van der Waals surface area contributed by atoms with E-state index in [4.69, 9.17) is 10.5 Å². The molecule has 0 bridgehead atoms. The fourth-order valence-electron chi connectivity index (χ4n) is 2.16. The van der Waals surface area contributed by atoms with E-state index in [9.17, 15) is 4.79 Å². The Morgan fingerprint density at radius 3 is 2.19 bits per heavy atom. The average molecular weight is 315 g/mol. The van der Waals surface area contributed by atoms with Crippen LogP contribution in [-0.4, -0.2) is 24.6 Å². The first-order valence-electron chi connectivity index (χ1n) is 7.32. The highest BCUT2D eigenvalue weighted by molar-refractivity contribution is 5.85. The molecule has 1 amide bonds. The Morgan fingerprint density at radius 2 is 1.76 bits per heavy atom. The number of nitrogens with one attached hydrogen (secondary N) is 1. The largest absolute Gasteiger partial charge is 0.494 e. The number of carbonyl (C=O) groups excluding carboxylic acids is 1. The summed E-state index contributed by atoms with van der Waals surface area (Å²) < 4.78 is 5.38.